The van der Waals surface area contributed by atoms with Crippen LogP contribution in [0.5, 0.6) is 11.5 Å². The van der Waals surface area contributed by atoms with Crippen molar-refractivity contribution in [3.8, 4) is 11.5 Å². The van der Waals surface area contributed by atoms with E-state index < -0.39 is 0 Å². The Bertz CT molecular complexity index is 942. The lowest BCUT2D eigenvalue weighted by molar-refractivity contribution is 0.441. The molecule has 1 aliphatic carbocycles. The Morgan fingerprint density at radius 2 is 1.63 bits per heavy atom. The summed E-state index contributed by atoms with van der Waals surface area (Å²) in [6.45, 7) is 0. The lowest BCUT2D eigenvalue weighted by atomic mass is 9.95. The molecule has 4 rings (SSSR count). The molecule has 0 spiro atoms. The molecule has 0 aromatic heterocycles. The number of allylic oxidation sites excluding steroid dienone is 2. The third kappa shape index (κ3) is 4.08. The van der Waals surface area contributed by atoms with E-state index in [0.29, 0.717) is 12.2 Å². The highest BCUT2D eigenvalue weighted by atomic mass is 19.1. The van der Waals surface area contributed by atoms with E-state index in [1.54, 1.807) is 24.3 Å². The molecule has 0 aliphatic heterocycles. The van der Waals surface area contributed by atoms with Crippen molar-refractivity contribution >= 4 is 0 Å². The first-order valence-electron chi connectivity index (χ1n) is 9.10. The SMILES string of the molecule is Fc1ccc(C2(/C=C/Cc3ccc(F)c(Oc4ccccc4)c3)CC2)cc1. The molecule has 0 amide bonds. The first kappa shape index (κ1) is 17.5. The Hall–Kier alpha value is -2.94. The van der Waals surface area contributed by atoms with Gasteiger partial charge in [0, 0.05) is 5.41 Å². The summed E-state index contributed by atoms with van der Waals surface area (Å²) in [5.74, 6) is 0.247. The highest BCUT2D eigenvalue weighted by molar-refractivity contribution is 5.39. The van der Waals surface area contributed by atoms with Crippen molar-refractivity contribution in [1.82, 2.24) is 0 Å². The van der Waals surface area contributed by atoms with Crippen LogP contribution in [0.15, 0.2) is 84.9 Å². The predicted molar refractivity (Wildman–Crippen MR) is 103 cm³/mol. The quantitative estimate of drug-likeness (QED) is 0.450. The monoisotopic (exact) mass is 362 g/mol. The molecule has 0 bridgehead atoms. The Balaban J connectivity index is 1.46. The van der Waals surface area contributed by atoms with Gasteiger partial charge >= 0.3 is 0 Å². The molecule has 0 radical (unpaired) electrons. The molecule has 3 aromatic carbocycles. The zero-order valence-corrected chi connectivity index (χ0v) is 14.9. The summed E-state index contributed by atoms with van der Waals surface area (Å²) >= 11 is 0. The van der Waals surface area contributed by atoms with E-state index in [-0.39, 0.29) is 22.8 Å². The van der Waals surface area contributed by atoms with Gasteiger partial charge in [0.15, 0.2) is 11.6 Å². The summed E-state index contributed by atoms with van der Waals surface area (Å²) in [6, 6.07) is 20.9. The summed E-state index contributed by atoms with van der Waals surface area (Å²) in [7, 11) is 0. The van der Waals surface area contributed by atoms with Crippen LogP contribution in [0, 0.1) is 11.6 Å². The Morgan fingerprint density at radius 1 is 0.889 bits per heavy atom. The molecule has 0 atom stereocenters. The lowest BCUT2D eigenvalue weighted by Gasteiger charge is -2.11. The van der Waals surface area contributed by atoms with Gasteiger partial charge in [-0.3, -0.25) is 0 Å². The van der Waals surface area contributed by atoms with Crippen LogP contribution >= 0.6 is 0 Å². The fourth-order valence-electron chi connectivity index (χ4n) is 3.26. The van der Waals surface area contributed by atoms with Crippen LogP contribution in [0.4, 0.5) is 8.78 Å². The van der Waals surface area contributed by atoms with E-state index >= 15 is 0 Å². The molecule has 0 unspecified atom stereocenters. The van der Waals surface area contributed by atoms with Crippen LogP contribution in [0.2, 0.25) is 0 Å². The minimum atomic E-state index is -0.378. The zero-order valence-electron chi connectivity index (χ0n) is 14.9. The molecule has 1 nitrogen and oxygen atoms in total. The van der Waals surface area contributed by atoms with Crippen LogP contribution in [0.1, 0.15) is 24.0 Å². The topological polar surface area (TPSA) is 9.23 Å². The van der Waals surface area contributed by atoms with Gasteiger partial charge in [-0.2, -0.15) is 0 Å². The second-order valence-corrected chi connectivity index (χ2v) is 6.95. The fraction of sp³-hybridized carbons (Fsp3) is 0.167. The van der Waals surface area contributed by atoms with E-state index in [1.165, 1.54) is 18.2 Å². The molecule has 1 saturated carbocycles. The normalized spacial score (nSPS) is 15.0. The van der Waals surface area contributed by atoms with Crippen LogP contribution in [-0.4, -0.2) is 0 Å². The number of hydrogen-bond donors (Lipinski definition) is 0. The Morgan fingerprint density at radius 3 is 2.33 bits per heavy atom. The van der Waals surface area contributed by atoms with Crippen molar-refractivity contribution < 1.29 is 13.5 Å². The second kappa shape index (κ2) is 7.36. The Labute approximate surface area is 157 Å². The minimum Gasteiger partial charge on any atom is -0.454 e. The fourth-order valence-corrected chi connectivity index (χ4v) is 3.26. The molecule has 3 aromatic rings. The largest absolute Gasteiger partial charge is 0.454 e. The lowest BCUT2D eigenvalue weighted by Crippen LogP contribution is -2.02. The van der Waals surface area contributed by atoms with Crippen LogP contribution in [0.25, 0.3) is 0 Å². The van der Waals surface area contributed by atoms with Gasteiger partial charge in [-0.05, 0) is 66.8 Å². The molecule has 0 N–H and O–H groups in total. The molecule has 1 fully saturated rings. The third-order valence-corrected chi connectivity index (χ3v) is 4.96. The van der Waals surface area contributed by atoms with Crippen LogP contribution in [0.3, 0.4) is 0 Å². The maximum Gasteiger partial charge on any atom is 0.165 e. The van der Waals surface area contributed by atoms with Crippen LogP contribution in [-0.2, 0) is 11.8 Å². The van der Waals surface area contributed by atoms with E-state index in [2.05, 4.69) is 12.2 Å². The summed E-state index contributed by atoms with van der Waals surface area (Å²) in [5.41, 5.74) is 2.15. The summed E-state index contributed by atoms with van der Waals surface area (Å²) < 4.78 is 32.8. The molecule has 0 heterocycles. The van der Waals surface area contributed by atoms with Crippen molar-refractivity contribution in [1.29, 1.82) is 0 Å². The van der Waals surface area contributed by atoms with E-state index in [4.69, 9.17) is 4.74 Å². The second-order valence-electron chi connectivity index (χ2n) is 6.95. The molecule has 1 aliphatic rings. The van der Waals surface area contributed by atoms with E-state index in [0.717, 1.165) is 24.0 Å². The highest BCUT2D eigenvalue weighted by Gasteiger charge is 2.41. The number of halogens is 2. The number of benzene rings is 3. The summed E-state index contributed by atoms with van der Waals surface area (Å²) in [4.78, 5) is 0. The van der Waals surface area contributed by atoms with Gasteiger partial charge < -0.3 is 4.74 Å². The summed E-state index contributed by atoms with van der Waals surface area (Å²) in [5, 5.41) is 0. The number of para-hydroxylation sites is 1. The van der Waals surface area contributed by atoms with Crippen molar-refractivity contribution in [2.24, 2.45) is 0 Å². The van der Waals surface area contributed by atoms with Gasteiger partial charge in [0.2, 0.25) is 0 Å². The summed E-state index contributed by atoms with van der Waals surface area (Å²) in [6.07, 6.45) is 7.13. The molecule has 27 heavy (non-hydrogen) atoms. The van der Waals surface area contributed by atoms with Gasteiger partial charge in [-0.25, -0.2) is 8.78 Å². The highest BCUT2D eigenvalue weighted by Crippen LogP contribution is 2.49. The number of ether oxygens (including phenoxy) is 1. The van der Waals surface area contributed by atoms with Crippen molar-refractivity contribution in [3.63, 3.8) is 0 Å². The van der Waals surface area contributed by atoms with Crippen LogP contribution < -0.4 is 4.74 Å². The first-order chi connectivity index (χ1) is 13.1. The first-order valence-corrected chi connectivity index (χ1v) is 9.10. The van der Waals surface area contributed by atoms with E-state index in [1.807, 2.05) is 30.3 Å². The van der Waals surface area contributed by atoms with Crippen molar-refractivity contribution in [3.05, 3.63) is 108 Å². The van der Waals surface area contributed by atoms with E-state index in [9.17, 15) is 8.78 Å². The average Bonchev–Trinajstić information content (AvgIpc) is 3.47. The van der Waals surface area contributed by atoms with Gasteiger partial charge in [0.25, 0.3) is 0 Å². The third-order valence-electron chi connectivity index (χ3n) is 4.96. The average molecular weight is 362 g/mol. The van der Waals surface area contributed by atoms with Gasteiger partial charge in [-0.1, -0.05) is 48.6 Å². The molecule has 3 heteroatoms. The predicted octanol–water partition coefficient (Wildman–Crippen LogP) is 6.59. The molecule has 0 saturated heterocycles. The van der Waals surface area contributed by atoms with Gasteiger partial charge in [-0.15, -0.1) is 0 Å². The standard InChI is InChI=1S/C24H20F2O/c25-20-11-9-19(10-12-20)24(15-16-24)14-4-5-18-8-13-22(26)23(17-18)27-21-6-2-1-3-7-21/h1-4,6-14,17H,5,15-16H2/b14-4+. The zero-order chi connectivity index (χ0) is 18.7. The number of rotatable bonds is 6. The minimum absolute atomic E-state index is 0.0249. The molecule has 136 valence electrons. The maximum absolute atomic E-state index is 14.1. The van der Waals surface area contributed by atoms with Gasteiger partial charge in [0.05, 0.1) is 0 Å². The van der Waals surface area contributed by atoms with Crippen molar-refractivity contribution in [2.75, 3.05) is 0 Å². The number of hydrogen-bond acceptors (Lipinski definition) is 1. The Kier molecular flexibility index (Phi) is 4.76. The van der Waals surface area contributed by atoms with Crippen molar-refractivity contribution in [2.45, 2.75) is 24.7 Å². The molecular weight excluding hydrogens is 342 g/mol. The van der Waals surface area contributed by atoms with Gasteiger partial charge in [0.1, 0.15) is 11.6 Å². The smallest absolute Gasteiger partial charge is 0.165 e. The molecular formula is C24H20F2O. The maximum atomic E-state index is 14.1.